The van der Waals surface area contributed by atoms with Gasteiger partial charge in [0.25, 0.3) is 5.91 Å². The molecule has 0 aliphatic carbocycles. The molecule has 0 saturated carbocycles. The van der Waals surface area contributed by atoms with E-state index in [9.17, 15) is 28.2 Å². The van der Waals surface area contributed by atoms with Gasteiger partial charge in [-0.25, -0.2) is 13.2 Å². The second-order valence-electron chi connectivity index (χ2n) is 13.9. The van der Waals surface area contributed by atoms with Crippen LogP contribution in [0.4, 0.5) is 10.5 Å². The number of aromatic hydroxyl groups is 1. The van der Waals surface area contributed by atoms with Gasteiger partial charge in [0.05, 0.1) is 36.2 Å². The molecule has 272 valence electrons. The first kappa shape index (κ1) is 36.5. The first-order valence-corrected chi connectivity index (χ1v) is 18.6. The highest BCUT2D eigenvalue weighted by molar-refractivity contribution is 7.89. The van der Waals surface area contributed by atoms with Crippen LogP contribution in [-0.2, 0) is 35.4 Å². The van der Waals surface area contributed by atoms with Crippen LogP contribution in [-0.4, -0.2) is 85.8 Å². The molecule has 0 aromatic heterocycles. The van der Waals surface area contributed by atoms with Crippen LogP contribution in [0.1, 0.15) is 48.1 Å². The van der Waals surface area contributed by atoms with E-state index in [-0.39, 0.29) is 60.1 Å². The Morgan fingerprint density at radius 2 is 1.80 bits per heavy atom. The molecule has 3 aliphatic heterocycles. The van der Waals surface area contributed by atoms with Crippen molar-refractivity contribution in [2.24, 2.45) is 11.8 Å². The molecule has 2 saturated heterocycles. The number of aryl methyl sites for hydroxylation is 2. The van der Waals surface area contributed by atoms with E-state index in [4.69, 9.17) is 14.2 Å². The Morgan fingerprint density at radius 3 is 2.51 bits per heavy atom. The molecule has 0 radical (unpaired) electrons. The van der Waals surface area contributed by atoms with Crippen LogP contribution in [0, 0.1) is 25.7 Å². The van der Waals surface area contributed by atoms with Crippen molar-refractivity contribution in [3.63, 3.8) is 0 Å². The minimum Gasteiger partial charge on any atom is -0.507 e. The van der Waals surface area contributed by atoms with Gasteiger partial charge in [-0.1, -0.05) is 44.2 Å². The van der Waals surface area contributed by atoms with E-state index < -0.39 is 40.7 Å². The Hall–Kier alpha value is -4.27. The number of rotatable bonds is 12. The van der Waals surface area contributed by atoms with E-state index >= 15 is 0 Å². The molecule has 51 heavy (non-hydrogen) atoms. The number of amides is 2. The topological polar surface area (TPSA) is 164 Å². The van der Waals surface area contributed by atoms with Crippen LogP contribution in [0.5, 0.6) is 5.75 Å². The predicted molar refractivity (Wildman–Crippen MR) is 191 cm³/mol. The fourth-order valence-corrected chi connectivity index (χ4v) is 8.54. The lowest BCUT2D eigenvalue weighted by Crippen LogP contribution is -2.51. The van der Waals surface area contributed by atoms with E-state index in [1.165, 1.54) is 16.4 Å². The van der Waals surface area contributed by atoms with E-state index in [0.717, 1.165) is 5.56 Å². The fraction of sp³-hybridized carbons (Fsp3) is 0.421. The lowest BCUT2D eigenvalue weighted by atomic mass is 10.0. The monoisotopic (exact) mass is 719 g/mol. The SMILES string of the molecule is Cc1cc(/C=C2\C(=O)Nc3ccc(S(=O)(=O)N(CC(C)C)C[C@@H](O)[C@H](Cc4ccccc4)NC(=O)OC4COC5OCCC45)cc32)cc(C)c1O. The van der Waals surface area contributed by atoms with E-state index in [1.54, 1.807) is 38.1 Å². The average molecular weight is 720 g/mol. The first-order chi connectivity index (χ1) is 24.3. The highest BCUT2D eigenvalue weighted by Gasteiger charge is 2.44. The third-order valence-corrected chi connectivity index (χ3v) is 11.3. The molecule has 2 amide bonds. The number of aliphatic hydroxyl groups is 1. The van der Waals surface area contributed by atoms with Gasteiger partial charge < -0.3 is 35.1 Å². The zero-order valence-corrected chi connectivity index (χ0v) is 30.0. The summed E-state index contributed by atoms with van der Waals surface area (Å²) in [6.07, 6.45) is -0.341. The van der Waals surface area contributed by atoms with Crippen LogP contribution >= 0.6 is 0 Å². The van der Waals surface area contributed by atoms with Crippen molar-refractivity contribution < 1.29 is 42.4 Å². The number of nitrogens with one attached hydrogen (secondary N) is 2. The summed E-state index contributed by atoms with van der Waals surface area (Å²) in [6, 6.07) is 16.4. The maximum absolute atomic E-state index is 14.3. The minimum absolute atomic E-state index is 0.0453. The summed E-state index contributed by atoms with van der Waals surface area (Å²) in [5.41, 5.74) is 4.01. The smallest absolute Gasteiger partial charge is 0.407 e. The number of hydrogen-bond donors (Lipinski definition) is 4. The molecule has 5 atom stereocenters. The first-order valence-electron chi connectivity index (χ1n) is 17.2. The molecule has 3 aromatic carbocycles. The summed E-state index contributed by atoms with van der Waals surface area (Å²) in [4.78, 5) is 26.2. The van der Waals surface area contributed by atoms with E-state index in [0.29, 0.717) is 41.0 Å². The zero-order valence-electron chi connectivity index (χ0n) is 29.2. The van der Waals surface area contributed by atoms with Gasteiger partial charge in [-0.3, -0.25) is 4.79 Å². The Morgan fingerprint density at radius 1 is 1.08 bits per heavy atom. The van der Waals surface area contributed by atoms with Gasteiger partial charge in [-0.2, -0.15) is 4.31 Å². The molecule has 3 heterocycles. The molecule has 12 nitrogen and oxygen atoms in total. The number of hydrogen-bond acceptors (Lipinski definition) is 9. The second-order valence-corrected chi connectivity index (χ2v) is 15.9. The third-order valence-electron chi connectivity index (χ3n) is 9.51. The number of carbonyl (C=O) groups is 2. The lowest BCUT2D eigenvalue weighted by molar-refractivity contribution is -0.110. The van der Waals surface area contributed by atoms with Crippen molar-refractivity contribution in [1.29, 1.82) is 0 Å². The quantitative estimate of drug-likeness (QED) is 0.196. The average Bonchev–Trinajstić information content (AvgIpc) is 3.79. The highest BCUT2D eigenvalue weighted by Crippen LogP contribution is 2.37. The van der Waals surface area contributed by atoms with Gasteiger partial charge in [-0.05, 0) is 91.3 Å². The van der Waals surface area contributed by atoms with Crippen molar-refractivity contribution in [3.05, 3.63) is 88.5 Å². The Balaban J connectivity index is 1.25. The minimum atomic E-state index is -4.21. The van der Waals surface area contributed by atoms with Gasteiger partial charge in [0.15, 0.2) is 6.29 Å². The van der Waals surface area contributed by atoms with Crippen molar-refractivity contribution in [3.8, 4) is 5.75 Å². The van der Waals surface area contributed by atoms with Gasteiger partial charge in [0, 0.05) is 29.9 Å². The number of phenolic OH excluding ortho intramolecular Hbond substituents is 1. The normalized spacial score (nSPS) is 21.8. The van der Waals surface area contributed by atoms with Crippen LogP contribution < -0.4 is 10.6 Å². The number of fused-ring (bicyclic) bond motifs is 2. The lowest BCUT2D eigenvalue weighted by Gasteiger charge is -2.31. The largest absolute Gasteiger partial charge is 0.507 e. The number of carbonyl (C=O) groups excluding carboxylic acids is 2. The fourth-order valence-electron chi connectivity index (χ4n) is 6.89. The summed E-state index contributed by atoms with van der Waals surface area (Å²) in [7, 11) is -4.21. The van der Waals surface area contributed by atoms with Crippen molar-refractivity contribution in [1.82, 2.24) is 9.62 Å². The Bertz CT molecular complexity index is 1890. The molecule has 3 aromatic rings. The number of nitrogens with zero attached hydrogens (tertiary/aromatic N) is 1. The van der Waals surface area contributed by atoms with Gasteiger partial charge in [0.1, 0.15) is 11.9 Å². The number of benzene rings is 3. The number of ether oxygens (including phenoxy) is 3. The Kier molecular flexibility index (Phi) is 10.8. The molecule has 3 aliphatic rings. The third kappa shape index (κ3) is 8.13. The molecule has 4 N–H and O–H groups in total. The summed E-state index contributed by atoms with van der Waals surface area (Å²) in [5.74, 6) is -0.370. The summed E-state index contributed by atoms with van der Waals surface area (Å²) < 4.78 is 46.8. The van der Waals surface area contributed by atoms with Crippen molar-refractivity contribution in [2.75, 3.05) is 31.6 Å². The number of alkyl carbamates (subject to hydrolysis) is 1. The summed E-state index contributed by atoms with van der Waals surface area (Å²) >= 11 is 0. The summed E-state index contributed by atoms with van der Waals surface area (Å²) in [5, 5.41) is 27.5. The molecular weight excluding hydrogens is 674 g/mol. The van der Waals surface area contributed by atoms with Crippen molar-refractivity contribution >= 4 is 39.4 Å². The van der Waals surface area contributed by atoms with Crippen molar-refractivity contribution in [2.45, 2.75) is 70.0 Å². The van der Waals surface area contributed by atoms with Crippen LogP contribution in [0.25, 0.3) is 11.6 Å². The number of anilines is 1. The molecule has 3 unspecified atom stereocenters. The maximum atomic E-state index is 14.3. The molecule has 13 heteroatoms. The molecule has 0 spiro atoms. The van der Waals surface area contributed by atoms with Crippen LogP contribution in [0.2, 0.25) is 0 Å². The van der Waals surface area contributed by atoms with Gasteiger partial charge in [0.2, 0.25) is 10.0 Å². The van der Waals surface area contributed by atoms with E-state index in [1.807, 2.05) is 44.2 Å². The van der Waals surface area contributed by atoms with Crippen LogP contribution in [0.15, 0.2) is 65.6 Å². The highest BCUT2D eigenvalue weighted by atomic mass is 32.2. The predicted octanol–water partition coefficient (Wildman–Crippen LogP) is 4.61. The Labute approximate surface area is 298 Å². The number of aliphatic hydroxyl groups excluding tert-OH is 1. The van der Waals surface area contributed by atoms with Gasteiger partial charge >= 0.3 is 6.09 Å². The zero-order chi connectivity index (χ0) is 36.4. The molecule has 6 rings (SSSR count). The van der Waals surface area contributed by atoms with Gasteiger partial charge in [-0.15, -0.1) is 0 Å². The maximum Gasteiger partial charge on any atom is 0.407 e. The van der Waals surface area contributed by atoms with Crippen LogP contribution in [0.3, 0.4) is 0 Å². The second kappa shape index (κ2) is 15.1. The molecular formula is C38H45N3O9S. The molecule has 0 bridgehead atoms. The number of sulfonamides is 1. The molecule has 2 fully saturated rings. The standard InChI is InChI=1S/C38H45N3O9S/c1-22(2)19-41(20-33(42)32(17-25-8-6-5-7-9-25)40-38(45)50-34-21-49-37-28(34)12-13-48-37)51(46,47)27-10-11-31-29(18-27)30(36(44)39-31)16-26-14-23(3)35(43)24(4)15-26/h5-11,14-16,18,22,28,32-34,37,42-43H,12-13,17,19-21H2,1-4H3,(H,39,44)(H,40,45)/b30-16-/t28?,32-,33+,34?,37?/m0/s1. The number of phenols is 1. The van der Waals surface area contributed by atoms with E-state index in [2.05, 4.69) is 10.6 Å². The summed E-state index contributed by atoms with van der Waals surface area (Å²) in [6.45, 7) is 7.80.